The van der Waals surface area contributed by atoms with E-state index in [1.165, 1.54) is 49.7 Å². The Morgan fingerprint density at radius 3 is 2.19 bits per heavy atom. The second-order valence-electron chi connectivity index (χ2n) is 8.83. The summed E-state index contributed by atoms with van der Waals surface area (Å²) in [6.07, 6.45) is 15.9. The van der Waals surface area contributed by atoms with Crippen molar-refractivity contribution in [3.05, 3.63) is 78.1 Å². The summed E-state index contributed by atoms with van der Waals surface area (Å²) in [7, 11) is 0. The van der Waals surface area contributed by atoms with Gasteiger partial charge in [-0.05, 0) is 49.3 Å². The number of hydrogen-bond acceptors (Lipinski definition) is 2. The molecule has 2 aliphatic carbocycles. The normalized spacial score (nSPS) is 25.8. The Balaban J connectivity index is 1.84. The Labute approximate surface area is 202 Å². The van der Waals surface area contributed by atoms with Gasteiger partial charge < -0.3 is 10.5 Å². The molecule has 2 N–H and O–H groups in total. The molecule has 31 heavy (non-hydrogen) atoms. The zero-order valence-electron chi connectivity index (χ0n) is 18.9. The van der Waals surface area contributed by atoms with E-state index < -0.39 is 0 Å². The quantitative estimate of drug-likeness (QED) is 0.211. The van der Waals surface area contributed by atoms with Gasteiger partial charge in [0, 0.05) is 15.9 Å². The molecule has 1 fully saturated rings. The molecule has 3 rings (SSSR count). The first-order valence-electron chi connectivity index (χ1n) is 12.1. The molecule has 1 aromatic carbocycles. The number of ether oxygens (including phenoxy) is 1. The monoisotopic (exact) mass is 531 g/mol. The van der Waals surface area contributed by atoms with Crippen LogP contribution in [-0.4, -0.2) is 16.1 Å². The van der Waals surface area contributed by atoms with E-state index in [0.717, 1.165) is 28.9 Å². The summed E-state index contributed by atoms with van der Waals surface area (Å²) in [6, 6.07) is 18.8. The molecule has 168 valence electrons. The summed E-state index contributed by atoms with van der Waals surface area (Å²) in [4.78, 5) is 0. The van der Waals surface area contributed by atoms with E-state index in [2.05, 4.69) is 78.1 Å². The first-order valence-corrected chi connectivity index (χ1v) is 13.3. The van der Waals surface area contributed by atoms with Crippen LogP contribution in [0.1, 0.15) is 70.3 Å². The van der Waals surface area contributed by atoms with Gasteiger partial charge in [0.25, 0.3) is 0 Å². The summed E-state index contributed by atoms with van der Waals surface area (Å²) in [5.74, 6) is 1.41. The Bertz CT molecular complexity index is 768. The highest BCUT2D eigenvalue weighted by Gasteiger charge is 2.29. The third-order valence-electron chi connectivity index (χ3n) is 6.33. The Morgan fingerprint density at radius 1 is 0.903 bits per heavy atom. The van der Waals surface area contributed by atoms with Gasteiger partial charge in [0.15, 0.2) is 0 Å². The van der Waals surface area contributed by atoms with Crippen LogP contribution in [0.25, 0.3) is 5.57 Å². The van der Waals surface area contributed by atoms with Gasteiger partial charge in [-0.1, -0.05) is 116 Å². The highest BCUT2D eigenvalue weighted by atomic mass is 127. The number of hydrogen-bond donors (Lipinski definition) is 1. The van der Waals surface area contributed by atoms with Crippen LogP contribution in [0.3, 0.4) is 0 Å². The fraction of sp³-hybridized carbons (Fsp3) is 0.500. The predicted molar refractivity (Wildman–Crippen MR) is 142 cm³/mol. The van der Waals surface area contributed by atoms with Gasteiger partial charge in [-0.2, -0.15) is 0 Å². The van der Waals surface area contributed by atoms with Crippen molar-refractivity contribution >= 4 is 28.2 Å². The van der Waals surface area contributed by atoms with Crippen molar-refractivity contribution in [2.45, 2.75) is 80.8 Å². The average molecular weight is 532 g/mol. The lowest BCUT2D eigenvalue weighted by molar-refractivity contribution is 0.0613. The van der Waals surface area contributed by atoms with Gasteiger partial charge in [0.05, 0.1) is 6.10 Å². The maximum Gasteiger partial charge on any atom is 0.102 e. The molecule has 2 atom stereocenters. The average Bonchev–Trinajstić information content (AvgIpc) is 2.77. The highest BCUT2D eigenvalue weighted by molar-refractivity contribution is 14.1. The number of alkyl halides is 1. The van der Waals surface area contributed by atoms with Crippen LogP contribution >= 0.6 is 22.6 Å². The standard InChI is InChI=1S/C28H38INO/c1-2-3-4-12-15-26-27(30)20-23(22-13-10-8-6-5-7-9-11-14-22)21-28(26)31-25-18-16-24(29)17-19-25/h5-11,13-14,20-21,24-27H,2-4,12,15-19,30H2,1H3/t24-,25+,26?,27?. The fourth-order valence-corrected chi connectivity index (χ4v) is 5.19. The SMILES string of the molecule is CCCCCCC1C(O[C@H]2CC[C@@H](I)CC2)=CC(c2ccccccccc2)=CC1N. The minimum Gasteiger partial charge on any atom is -0.494 e. The maximum atomic E-state index is 6.74. The van der Waals surface area contributed by atoms with Gasteiger partial charge in [0.2, 0.25) is 0 Å². The molecule has 0 aromatic heterocycles. The van der Waals surface area contributed by atoms with Gasteiger partial charge in [-0.3, -0.25) is 0 Å². The van der Waals surface area contributed by atoms with Crippen LogP contribution in [-0.2, 0) is 4.74 Å². The van der Waals surface area contributed by atoms with E-state index in [1.807, 2.05) is 18.2 Å². The van der Waals surface area contributed by atoms with Crippen molar-refractivity contribution in [3.8, 4) is 0 Å². The van der Waals surface area contributed by atoms with Gasteiger partial charge in [-0.15, -0.1) is 0 Å². The van der Waals surface area contributed by atoms with E-state index in [-0.39, 0.29) is 6.04 Å². The summed E-state index contributed by atoms with van der Waals surface area (Å²) in [5, 5.41) is 0. The molecule has 0 amide bonds. The van der Waals surface area contributed by atoms with E-state index in [9.17, 15) is 0 Å². The van der Waals surface area contributed by atoms with Gasteiger partial charge in [-0.25, -0.2) is 0 Å². The largest absolute Gasteiger partial charge is 0.494 e. The Kier molecular flexibility index (Phi) is 10.4. The summed E-state index contributed by atoms with van der Waals surface area (Å²) in [6.45, 7) is 2.26. The second-order valence-corrected chi connectivity index (χ2v) is 10.6. The maximum absolute atomic E-state index is 6.74. The summed E-state index contributed by atoms with van der Waals surface area (Å²) >= 11 is 2.59. The molecule has 0 saturated heterocycles. The zero-order valence-corrected chi connectivity index (χ0v) is 21.0. The molecule has 0 radical (unpaired) electrons. The minimum atomic E-state index is 0.00154. The molecule has 2 aliphatic rings. The summed E-state index contributed by atoms with van der Waals surface area (Å²) in [5.41, 5.74) is 9.09. The van der Waals surface area contributed by atoms with E-state index in [1.54, 1.807) is 0 Å². The van der Waals surface area contributed by atoms with Gasteiger partial charge in [0.1, 0.15) is 5.76 Å². The second kappa shape index (κ2) is 13.3. The lowest BCUT2D eigenvalue weighted by Gasteiger charge is -2.34. The minimum absolute atomic E-state index is 0.00154. The first kappa shape index (κ1) is 24.3. The number of nitrogens with two attached hydrogens (primary N) is 1. The van der Waals surface area contributed by atoms with E-state index >= 15 is 0 Å². The van der Waals surface area contributed by atoms with Crippen molar-refractivity contribution in [2.24, 2.45) is 11.7 Å². The molecule has 1 saturated carbocycles. The van der Waals surface area contributed by atoms with Crippen LogP contribution in [0.15, 0.2) is 72.5 Å². The fourth-order valence-electron chi connectivity index (χ4n) is 4.47. The molecule has 1 aromatic rings. The topological polar surface area (TPSA) is 35.2 Å². The molecule has 0 heterocycles. The first-order chi connectivity index (χ1) is 15.2. The van der Waals surface area contributed by atoms with Crippen LogP contribution in [0.2, 0.25) is 0 Å². The van der Waals surface area contributed by atoms with E-state index in [4.69, 9.17) is 10.5 Å². The summed E-state index contributed by atoms with van der Waals surface area (Å²) < 4.78 is 7.48. The lowest BCUT2D eigenvalue weighted by Crippen LogP contribution is -2.34. The molecule has 2 unspecified atom stereocenters. The molecule has 0 bridgehead atoms. The Hall–Kier alpha value is -1.33. The van der Waals surface area contributed by atoms with Crippen molar-refractivity contribution in [2.75, 3.05) is 0 Å². The van der Waals surface area contributed by atoms with Crippen LogP contribution in [0, 0.1) is 5.92 Å². The lowest BCUT2D eigenvalue weighted by atomic mass is 9.84. The molecule has 3 heteroatoms. The highest BCUT2D eigenvalue weighted by Crippen LogP contribution is 2.36. The van der Waals surface area contributed by atoms with E-state index in [0.29, 0.717) is 12.0 Å². The number of unbranched alkanes of at least 4 members (excludes halogenated alkanes) is 3. The number of allylic oxidation sites excluding steroid dienone is 2. The number of halogens is 1. The number of rotatable bonds is 8. The van der Waals surface area contributed by atoms with Crippen molar-refractivity contribution in [1.82, 2.24) is 0 Å². The molecule has 2 nitrogen and oxygen atoms in total. The van der Waals surface area contributed by atoms with Crippen LogP contribution in [0.5, 0.6) is 0 Å². The van der Waals surface area contributed by atoms with Gasteiger partial charge >= 0.3 is 0 Å². The third-order valence-corrected chi connectivity index (χ3v) is 7.57. The van der Waals surface area contributed by atoms with Crippen molar-refractivity contribution < 1.29 is 4.74 Å². The molecule has 0 spiro atoms. The van der Waals surface area contributed by atoms with Crippen molar-refractivity contribution in [1.29, 1.82) is 0 Å². The predicted octanol–water partition coefficient (Wildman–Crippen LogP) is 7.77. The molecule has 0 aliphatic heterocycles. The zero-order chi connectivity index (χ0) is 21.9. The molecular formula is C28H38INO. The van der Waals surface area contributed by atoms with Crippen LogP contribution < -0.4 is 5.73 Å². The van der Waals surface area contributed by atoms with Crippen LogP contribution in [0.4, 0.5) is 0 Å². The Morgan fingerprint density at radius 2 is 1.55 bits per heavy atom. The molecular weight excluding hydrogens is 493 g/mol. The third kappa shape index (κ3) is 7.94. The van der Waals surface area contributed by atoms with Crippen molar-refractivity contribution in [3.63, 3.8) is 0 Å². The smallest absolute Gasteiger partial charge is 0.102 e.